The number of H-pyrrole nitrogens is 1. The highest BCUT2D eigenvalue weighted by atomic mass is 16.1. The molecular formula is C15H21N3O. The number of aromatic amines is 1. The molecule has 0 saturated heterocycles. The number of carbonyl (C=O) groups excluding carboxylic acids is 1. The van der Waals surface area contributed by atoms with Crippen LogP contribution in [0.2, 0.25) is 0 Å². The van der Waals surface area contributed by atoms with Crippen LogP contribution in [0.15, 0.2) is 24.4 Å². The fraction of sp³-hybridized carbons (Fsp3) is 0.400. The highest BCUT2D eigenvalue weighted by Crippen LogP contribution is 2.21. The normalized spacial score (nSPS) is 12.6. The Labute approximate surface area is 113 Å². The van der Waals surface area contributed by atoms with Crippen LogP contribution in [0.1, 0.15) is 18.1 Å². The van der Waals surface area contributed by atoms with Crippen molar-refractivity contribution in [3.8, 4) is 0 Å². The standard InChI is InChI=1S/C15H21N3O/c1-10-4-3-5-13-12(9-18-14(10)13)6-7-17-15(19)11(2)8-16/h3-5,9,11,18H,6-8,16H2,1-2H3,(H,17,19). The maximum absolute atomic E-state index is 11.6. The van der Waals surface area contributed by atoms with Crippen molar-refractivity contribution >= 4 is 16.8 Å². The molecule has 0 radical (unpaired) electrons. The topological polar surface area (TPSA) is 70.9 Å². The van der Waals surface area contributed by atoms with E-state index in [0.29, 0.717) is 13.1 Å². The molecule has 102 valence electrons. The van der Waals surface area contributed by atoms with Gasteiger partial charge in [0.25, 0.3) is 0 Å². The second-order valence-corrected chi connectivity index (χ2v) is 4.99. The molecule has 1 atom stereocenters. The van der Waals surface area contributed by atoms with Crippen LogP contribution < -0.4 is 11.1 Å². The van der Waals surface area contributed by atoms with E-state index in [1.54, 1.807) is 0 Å². The zero-order chi connectivity index (χ0) is 13.8. The summed E-state index contributed by atoms with van der Waals surface area (Å²) >= 11 is 0. The maximum atomic E-state index is 11.6. The first-order valence-corrected chi connectivity index (χ1v) is 6.67. The Morgan fingerprint density at radius 1 is 1.47 bits per heavy atom. The number of rotatable bonds is 5. The van der Waals surface area contributed by atoms with Gasteiger partial charge < -0.3 is 16.0 Å². The average molecular weight is 259 g/mol. The monoisotopic (exact) mass is 259 g/mol. The number of hydrogen-bond donors (Lipinski definition) is 3. The van der Waals surface area contributed by atoms with Crippen molar-refractivity contribution < 1.29 is 4.79 Å². The molecule has 4 heteroatoms. The third kappa shape index (κ3) is 2.96. The van der Waals surface area contributed by atoms with E-state index in [0.717, 1.165) is 6.42 Å². The fourth-order valence-corrected chi connectivity index (χ4v) is 2.17. The van der Waals surface area contributed by atoms with Gasteiger partial charge in [0.2, 0.25) is 5.91 Å². The summed E-state index contributed by atoms with van der Waals surface area (Å²) in [4.78, 5) is 14.9. The molecule has 0 bridgehead atoms. The lowest BCUT2D eigenvalue weighted by Crippen LogP contribution is -2.34. The molecule has 1 aromatic heterocycles. The molecule has 0 aliphatic rings. The van der Waals surface area contributed by atoms with Gasteiger partial charge in [0.1, 0.15) is 0 Å². The van der Waals surface area contributed by atoms with E-state index >= 15 is 0 Å². The molecule has 2 aromatic rings. The minimum Gasteiger partial charge on any atom is -0.361 e. The van der Waals surface area contributed by atoms with Gasteiger partial charge in [-0.1, -0.05) is 25.1 Å². The number of nitrogens with one attached hydrogen (secondary N) is 2. The van der Waals surface area contributed by atoms with Crippen LogP contribution in [0.3, 0.4) is 0 Å². The highest BCUT2D eigenvalue weighted by Gasteiger charge is 2.10. The Bertz CT molecular complexity index is 574. The van der Waals surface area contributed by atoms with Crippen LogP contribution in [0, 0.1) is 12.8 Å². The highest BCUT2D eigenvalue weighted by molar-refractivity contribution is 5.86. The summed E-state index contributed by atoms with van der Waals surface area (Å²) in [5, 5.41) is 4.16. The smallest absolute Gasteiger partial charge is 0.224 e. The van der Waals surface area contributed by atoms with Crippen LogP contribution in [0.4, 0.5) is 0 Å². The second kappa shape index (κ2) is 5.89. The summed E-state index contributed by atoms with van der Waals surface area (Å²) in [5.74, 6) is -0.0938. The number of carbonyl (C=O) groups is 1. The lowest BCUT2D eigenvalue weighted by Gasteiger charge is -2.09. The number of para-hydroxylation sites is 1. The Balaban J connectivity index is 1.99. The predicted octanol–water partition coefficient (Wildman–Crippen LogP) is 1.73. The summed E-state index contributed by atoms with van der Waals surface area (Å²) in [6.45, 7) is 4.96. The molecule has 4 nitrogen and oxygen atoms in total. The molecule has 1 aromatic carbocycles. The molecule has 1 heterocycles. The average Bonchev–Trinajstić information content (AvgIpc) is 2.82. The number of hydrogen-bond acceptors (Lipinski definition) is 2. The number of fused-ring (bicyclic) bond motifs is 1. The first-order valence-electron chi connectivity index (χ1n) is 6.67. The molecule has 19 heavy (non-hydrogen) atoms. The van der Waals surface area contributed by atoms with Crippen molar-refractivity contribution in [3.63, 3.8) is 0 Å². The summed E-state index contributed by atoms with van der Waals surface area (Å²) in [5.41, 5.74) is 9.12. The molecule has 0 saturated carbocycles. The van der Waals surface area contributed by atoms with Crippen LogP contribution in [0.5, 0.6) is 0 Å². The van der Waals surface area contributed by atoms with E-state index in [1.165, 1.54) is 22.0 Å². The third-order valence-corrected chi connectivity index (χ3v) is 3.50. The van der Waals surface area contributed by atoms with Crippen molar-refractivity contribution in [2.75, 3.05) is 13.1 Å². The number of aromatic nitrogens is 1. The lowest BCUT2D eigenvalue weighted by molar-refractivity contribution is -0.124. The Kier molecular flexibility index (Phi) is 4.22. The summed E-state index contributed by atoms with van der Waals surface area (Å²) < 4.78 is 0. The summed E-state index contributed by atoms with van der Waals surface area (Å²) in [6, 6.07) is 6.26. The predicted molar refractivity (Wildman–Crippen MR) is 78.0 cm³/mol. The first kappa shape index (κ1) is 13.6. The van der Waals surface area contributed by atoms with Gasteiger partial charge in [-0.05, 0) is 24.5 Å². The second-order valence-electron chi connectivity index (χ2n) is 4.99. The van der Waals surface area contributed by atoms with Crippen molar-refractivity contribution in [3.05, 3.63) is 35.5 Å². The van der Waals surface area contributed by atoms with E-state index in [1.807, 2.05) is 13.1 Å². The van der Waals surface area contributed by atoms with Crippen LogP contribution in [-0.4, -0.2) is 24.0 Å². The number of benzene rings is 1. The van der Waals surface area contributed by atoms with E-state index in [-0.39, 0.29) is 11.8 Å². The lowest BCUT2D eigenvalue weighted by atomic mass is 10.1. The van der Waals surface area contributed by atoms with Crippen LogP contribution in [0.25, 0.3) is 10.9 Å². The molecule has 4 N–H and O–H groups in total. The molecule has 0 spiro atoms. The van der Waals surface area contributed by atoms with Gasteiger partial charge in [0.05, 0.1) is 0 Å². The SMILES string of the molecule is Cc1cccc2c(CCNC(=O)C(C)CN)c[nH]c12. The van der Waals surface area contributed by atoms with E-state index in [2.05, 4.69) is 35.4 Å². The molecular weight excluding hydrogens is 238 g/mol. The molecule has 1 amide bonds. The number of amides is 1. The Morgan fingerprint density at radius 3 is 3.00 bits per heavy atom. The van der Waals surface area contributed by atoms with E-state index in [9.17, 15) is 4.79 Å². The van der Waals surface area contributed by atoms with Crippen molar-refractivity contribution in [2.45, 2.75) is 20.3 Å². The van der Waals surface area contributed by atoms with E-state index in [4.69, 9.17) is 5.73 Å². The molecule has 0 aliphatic carbocycles. The van der Waals surface area contributed by atoms with Gasteiger partial charge in [-0.25, -0.2) is 0 Å². The van der Waals surface area contributed by atoms with Gasteiger partial charge in [-0.2, -0.15) is 0 Å². The molecule has 2 rings (SSSR count). The Morgan fingerprint density at radius 2 is 2.26 bits per heavy atom. The van der Waals surface area contributed by atoms with Gasteiger partial charge in [0, 0.05) is 36.1 Å². The zero-order valence-electron chi connectivity index (χ0n) is 11.5. The summed E-state index contributed by atoms with van der Waals surface area (Å²) in [6.07, 6.45) is 2.85. The quantitative estimate of drug-likeness (QED) is 0.765. The van der Waals surface area contributed by atoms with Crippen molar-refractivity contribution in [1.29, 1.82) is 0 Å². The molecule has 0 aliphatic heterocycles. The molecule has 0 fully saturated rings. The molecule has 1 unspecified atom stereocenters. The third-order valence-electron chi connectivity index (χ3n) is 3.50. The minimum absolute atomic E-state index is 0.0264. The Hall–Kier alpha value is -1.81. The van der Waals surface area contributed by atoms with E-state index < -0.39 is 0 Å². The van der Waals surface area contributed by atoms with Gasteiger partial charge >= 0.3 is 0 Å². The first-order chi connectivity index (χ1) is 9.13. The van der Waals surface area contributed by atoms with Gasteiger partial charge in [0.15, 0.2) is 0 Å². The maximum Gasteiger partial charge on any atom is 0.224 e. The summed E-state index contributed by atoms with van der Waals surface area (Å²) in [7, 11) is 0. The fourth-order valence-electron chi connectivity index (χ4n) is 2.17. The van der Waals surface area contributed by atoms with Crippen molar-refractivity contribution in [2.24, 2.45) is 11.7 Å². The number of aryl methyl sites for hydroxylation is 1. The van der Waals surface area contributed by atoms with Crippen LogP contribution in [-0.2, 0) is 11.2 Å². The largest absolute Gasteiger partial charge is 0.361 e. The van der Waals surface area contributed by atoms with Crippen molar-refractivity contribution in [1.82, 2.24) is 10.3 Å². The van der Waals surface area contributed by atoms with Gasteiger partial charge in [-0.3, -0.25) is 4.79 Å². The van der Waals surface area contributed by atoms with Gasteiger partial charge in [-0.15, -0.1) is 0 Å². The minimum atomic E-state index is -0.120. The number of nitrogens with two attached hydrogens (primary N) is 1. The van der Waals surface area contributed by atoms with Crippen LogP contribution >= 0.6 is 0 Å². The zero-order valence-corrected chi connectivity index (χ0v) is 11.5.